The van der Waals surface area contributed by atoms with Gasteiger partial charge in [-0.05, 0) is 37.6 Å². The van der Waals surface area contributed by atoms with Crippen LogP contribution in [0.4, 0.5) is 0 Å². The quantitative estimate of drug-likeness (QED) is 0.576. The first-order chi connectivity index (χ1) is 14.8. The molecule has 0 spiro atoms. The van der Waals surface area contributed by atoms with Gasteiger partial charge < -0.3 is 9.47 Å². The Hall–Kier alpha value is -3.46. The lowest BCUT2D eigenvalue weighted by atomic mass is 9.96. The summed E-state index contributed by atoms with van der Waals surface area (Å²) in [6, 6.07) is 6.78. The van der Waals surface area contributed by atoms with E-state index in [2.05, 4.69) is 10.1 Å². The Labute approximate surface area is 182 Å². The van der Waals surface area contributed by atoms with Gasteiger partial charge in [-0.3, -0.25) is 14.0 Å². The maximum absolute atomic E-state index is 13.5. The molecular formula is C22H22N4O4S. The molecule has 0 saturated heterocycles. The van der Waals surface area contributed by atoms with Crippen LogP contribution in [0, 0.1) is 6.92 Å². The van der Waals surface area contributed by atoms with Crippen LogP contribution in [0.15, 0.2) is 51.5 Å². The van der Waals surface area contributed by atoms with Crippen molar-refractivity contribution in [2.45, 2.75) is 19.9 Å². The Morgan fingerprint density at radius 3 is 2.48 bits per heavy atom. The number of carbonyl (C=O) groups is 1. The molecular weight excluding hydrogens is 416 g/mol. The second-order valence-corrected chi connectivity index (χ2v) is 8.16. The normalized spacial score (nSPS) is 16.2. The molecule has 0 N–H and O–H groups in total. The van der Waals surface area contributed by atoms with Gasteiger partial charge in [0.2, 0.25) is 0 Å². The van der Waals surface area contributed by atoms with E-state index in [0.29, 0.717) is 20.6 Å². The summed E-state index contributed by atoms with van der Waals surface area (Å²) in [6.45, 7) is 3.66. The number of benzene rings is 1. The fraction of sp³-hybridized carbons (Fsp3) is 0.273. The predicted molar refractivity (Wildman–Crippen MR) is 117 cm³/mol. The third-order valence-electron chi connectivity index (χ3n) is 5.41. The lowest BCUT2D eigenvalue weighted by Crippen LogP contribution is -2.40. The highest BCUT2D eigenvalue weighted by molar-refractivity contribution is 7.07. The molecule has 1 aromatic carbocycles. The number of aromatic nitrogens is 3. The lowest BCUT2D eigenvalue weighted by Gasteiger charge is -2.23. The van der Waals surface area contributed by atoms with Crippen LogP contribution >= 0.6 is 11.3 Å². The van der Waals surface area contributed by atoms with Gasteiger partial charge in [-0.1, -0.05) is 23.5 Å². The molecule has 3 aromatic rings. The van der Waals surface area contributed by atoms with Crippen molar-refractivity contribution in [3.8, 4) is 5.75 Å². The van der Waals surface area contributed by atoms with Gasteiger partial charge in [0.25, 0.3) is 5.56 Å². The molecule has 0 bridgehead atoms. The van der Waals surface area contributed by atoms with Gasteiger partial charge in [-0.2, -0.15) is 5.10 Å². The number of hydrogen-bond acceptors (Lipinski definition) is 7. The smallest absolute Gasteiger partial charge is 0.338 e. The number of carbonyl (C=O) groups excluding carboxylic acids is 1. The zero-order valence-corrected chi connectivity index (χ0v) is 18.7. The molecule has 0 radical (unpaired) electrons. The van der Waals surface area contributed by atoms with E-state index in [1.165, 1.54) is 18.4 Å². The monoisotopic (exact) mass is 438 g/mol. The number of hydrogen-bond donors (Lipinski definition) is 0. The average Bonchev–Trinajstić information content (AvgIpc) is 3.25. The van der Waals surface area contributed by atoms with Crippen molar-refractivity contribution in [3.05, 3.63) is 78.2 Å². The summed E-state index contributed by atoms with van der Waals surface area (Å²) in [5.41, 5.74) is 3.12. The summed E-state index contributed by atoms with van der Waals surface area (Å²) in [5.74, 6) is 0.225. The lowest BCUT2D eigenvalue weighted by molar-refractivity contribution is -0.136. The molecule has 8 nitrogen and oxygen atoms in total. The first kappa shape index (κ1) is 20.8. The van der Waals surface area contributed by atoms with E-state index >= 15 is 0 Å². The maximum Gasteiger partial charge on any atom is 0.338 e. The van der Waals surface area contributed by atoms with E-state index in [9.17, 15) is 9.59 Å². The van der Waals surface area contributed by atoms with Crippen molar-refractivity contribution in [1.29, 1.82) is 0 Å². The fourth-order valence-corrected chi connectivity index (χ4v) is 4.67. The van der Waals surface area contributed by atoms with Crippen LogP contribution in [0.5, 0.6) is 5.75 Å². The van der Waals surface area contributed by atoms with Crippen molar-refractivity contribution in [2.75, 3.05) is 14.2 Å². The second kappa shape index (κ2) is 7.99. The number of thiazole rings is 1. The van der Waals surface area contributed by atoms with Gasteiger partial charge in [0.05, 0.1) is 36.2 Å². The van der Waals surface area contributed by atoms with Crippen molar-refractivity contribution in [3.63, 3.8) is 0 Å². The van der Waals surface area contributed by atoms with Crippen LogP contribution in [0.2, 0.25) is 0 Å². The number of methoxy groups -OCH3 is 2. The minimum Gasteiger partial charge on any atom is -0.497 e. The third kappa shape index (κ3) is 3.50. The molecule has 9 heteroatoms. The molecule has 1 aliphatic heterocycles. The first-order valence-corrected chi connectivity index (χ1v) is 10.4. The number of fused-ring (bicyclic) bond motifs is 1. The molecule has 4 rings (SSSR count). The molecule has 1 aliphatic rings. The highest BCUT2D eigenvalue weighted by atomic mass is 32.1. The molecule has 160 valence electrons. The number of nitrogens with zero attached hydrogens (tertiary/aromatic N) is 4. The third-order valence-corrected chi connectivity index (χ3v) is 6.39. The minimum atomic E-state index is -0.657. The number of allylic oxidation sites excluding steroid dienone is 1. The van der Waals surface area contributed by atoms with Crippen molar-refractivity contribution in [2.24, 2.45) is 12.0 Å². The van der Waals surface area contributed by atoms with E-state index in [-0.39, 0.29) is 5.56 Å². The van der Waals surface area contributed by atoms with E-state index in [1.54, 1.807) is 29.5 Å². The average molecular weight is 439 g/mol. The SMILES string of the molecule is COC(=O)C1=C(C)N=c2s/c(=C/c3ccc(OC)cc3)c(=O)n2[C@H]1c1cnn(C)c1C. The van der Waals surface area contributed by atoms with Crippen LogP contribution in [0.1, 0.15) is 29.8 Å². The zero-order chi connectivity index (χ0) is 22.3. The summed E-state index contributed by atoms with van der Waals surface area (Å²) in [7, 11) is 4.75. The molecule has 31 heavy (non-hydrogen) atoms. The molecule has 0 saturated carbocycles. The summed E-state index contributed by atoms with van der Waals surface area (Å²) in [5, 5.41) is 4.31. The minimum absolute atomic E-state index is 0.221. The van der Waals surface area contributed by atoms with Gasteiger partial charge in [0.15, 0.2) is 4.80 Å². The number of rotatable bonds is 4. The standard InChI is InChI=1S/C22H22N4O4S/c1-12-18(21(28)30-5)19(16-11-23-25(3)13(16)2)26-20(27)17(31-22(26)24-12)10-14-6-8-15(29-4)9-7-14/h6-11,19H,1-5H3/b17-10+/t19-/m0/s1. The van der Waals surface area contributed by atoms with Crippen molar-refractivity contribution >= 4 is 23.4 Å². The van der Waals surface area contributed by atoms with E-state index in [1.807, 2.05) is 44.3 Å². The zero-order valence-electron chi connectivity index (χ0n) is 17.9. The largest absolute Gasteiger partial charge is 0.497 e. The van der Waals surface area contributed by atoms with Gasteiger partial charge in [-0.15, -0.1) is 0 Å². The highest BCUT2D eigenvalue weighted by Crippen LogP contribution is 2.32. The Morgan fingerprint density at radius 1 is 1.19 bits per heavy atom. The molecule has 0 fully saturated rings. The van der Waals surface area contributed by atoms with E-state index in [4.69, 9.17) is 9.47 Å². The summed E-state index contributed by atoms with van der Waals surface area (Å²) in [4.78, 5) is 31.2. The molecule has 2 aromatic heterocycles. The predicted octanol–water partition coefficient (Wildman–Crippen LogP) is 1.46. The van der Waals surface area contributed by atoms with Crippen LogP contribution in [-0.4, -0.2) is 34.5 Å². The highest BCUT2D eigenvalue weighted by Gasteiger charge is 2.34. The molecule has 0 amide bonds. The number of ether oxygens (including phenoxy) is 2. The van der Waals surface area contributed by atoms with Crippen LogP contribution in [0.3, 0.4) is 0 Å². The number of esters is 1. The Morgan fingerprint density at radius 2 is 1.90 bits per heavy atom. The Kier molecular flexibility index (Phi) is 5.36. The first-order valence-electron chi connectivity index (χ1n) is 9.59. The summed E-state index contributed by atoms with van der Waals surface area (Å²) < 4.78 is 14.0. The molecule has 0 aliphatic carbocycles. The molecule has 1 atom stereocenters. The van der Waals surface area contributed by atoms with Crippen molar-refractivity contribution < 1.29 is 14.3 Å². The van der Waals surface area contributed by atoms with E-state index in [0.717, 1.165) is 22.6 Å². The summed E-state index contributed by atoms with van der Waals surface area (Å²) in [6.07, 6.45) is 3.50. The second-order valence-electron chi connectivity index (χ2n) is 7.16. The topological polar surface area (TPSA) is 87.7 Å². The van der Waals surface area contributed by atoms with E-state index < -0.39 is 12.0 Å². The van der Waals surface area contributed by atoms with Crippen LogP contribution < -0.4 is 19.6 Å². The fourth-order valence-electron chi connectivity index (χ4n) is 3.62. The Balaban J connectivity index is 1.96. The van der Waals surface area contributed by atoms with Gasteiger partial charge in [-0.25, -0.2) is 9.79 Å². The van der Waals surface area contributed by atoms with Gasteiger partial charge in [0, 0.05) is 18.3 Å². The summed E-state index contributed by atoms with van der Waals surface area (Å²) >= 11 is 1.29. The number of aryl methyl sites for hydroxylation is 1. The van der Waals surface area contributed by atoms with Crippen molar-refractivity contribution in [1.82, 2.24) is 14.3 Å². The maximum atomic E-state index is 13.5. The molecule has 3 heterocycles. The Bertz CT molecular complexity index is 1380. The van der Waals surface area contributed by atoms with Crippen LogP contribution in [0.25, 0.3) is 6.08 Å². The van der Waals surface area contributed by atoms with Crippen LogP contribution in [-0.2, 0) is 16.6 Å². The molecule has 0 unspecified atom stereocenters. The van der Waals surface area contributed by atoms with Gasteiger partial charge in [0.1, 0.15) is 11.8 Å². The van der Waals surface area contributed by atoms with Gasteiger partial charge >= 0.3 is 5.97 Å².